The second-order valence-corrected chi connectivity index (χ2v) is 4.73. The van der Waals surface area contributed by atoms with Gasteiger partial charge in [-0.25, -0.2) is 0 Å². The van der Waals surface area contributed by atoms with Crippen LogP contribution in [0.3, 0.4) is 0 Å². The maximum absolute atomic E-state index is 11.7. The molecule has 0 saturated carbocycles. The molecule has 0 spiro atoms. The second kappa shape index (κ2) is 4.98. The molecule has 0 aliphatic carbocycles. The van der Waals surface area contributed by atoms with Crippen molar-refractivity contribution in [2.24, 2.45) is 11.7 Å². The number of hydrogen-bond acceptors (Lipinski definition) is 4. The zero-order valence-electron chi connectivity index (χ0n) is 8.25. The third kappa shape index (κ3) is 2.69. The maximum atomic E-state index is 11.7. The SMILES string of the molecule is CC[C@@H](C)[C@H](N)C(=O)C1NCCS1. The van der Waals surface area contributed by atoms with Crippen LogP contribution in [0.15, 0.2) is 0 Å². The Morgan fingerprint density at radius 3 is 2.92 bits per heavy atom. The highest BCUT2D eigenvalue weighted by atomic mass is 32.2. The fourth-order valence-electron chi connectivity index (χ4n) is 1.32. The van der Waals surface area contributed by atoms with E-state index < -0.39 is 0 Å². The van der Waals surface area contributed by atoms with E-state index in [-0.39, 0.29) is 23.1 Å². The van der Waals surface area contributed by atoms with E-state index in [9.17, 15) is 4.79 Å². The van der Waals surface area contributed by atoms with Crippen LogP contribution in [0.1, 0.15) is 20.3 Å². The summed E-state index contributed by atoms with van der Waals surface area (Å²) in [5.41, 5.74) is 5.85. The first-order valence-corrected chi connectivity index (χ1v) is 5.86. The van der Waals surface area contributed by atoms with E-state index in [2.05, 4.69) is 12.2 Å². The predicted molar refractivity (Wildman–Crippen MR) is 56.7 cm³/mol. The summed E-state index contributed by atoms with van der Waals surface area (Å²) < 4.78 is 0. The van der Waals surface area contributed by atoms with Crippen molar-refractivity contribution >= 4 is 17.5 Å². The molecule has 3 atom stereocenters. The molecule has 0 bridgehead atoms. The molecular weight excluding hydrogens is 184 g/mol. The number of nitrogens with one attached hydrogen (secondary N) is 1. The number of ketones is 1. The molecule has 1 aliphatic heterocycles. The summed E-state index contributed by atoms with van der Waals surface area (Å²) in [7, 11) is 0. The van der Waals surface area contributed by atoms with Crippen molar-refractivity contribution in [1.82, 2.24) is 5.32 Å². The average Bonchev–Trinajstić information content (AvgIpc) is 2.67. The van der Waals surface area contributed by atoms with Crippen molar-refractivity contribution in [3.63, 3.8) is 0 Å². The highest BCUT2D eigenvalue weighted by Crippen LogP contribution is 2.18. The van der Waals surface area contributed by atoms with Gasteiger partial charge in [0.25, 0.3) is 0 Å². The molecule has 1 aliphatic rings. The Hall–Kier alpha value is -0.0600. The van der Waals surface area contributed by atoms with Crippen LogP contribution < -0.4 is 11.1 Å². The molecule has 1 unspecified atom stereocenters. The molecule has 0 aromatic carbocycles. The van der Waals surface area contributed by atoms with Gasteiger partial charge in [0.1, 0.15) is 5.37 Å². The zero-order chi connectivity index (χ0) is 9.84. The number of Topliss-reactive ketones (excluding diaryl/α,β-unsaturated/α-hetero) is 1. The molecule has 1 heterocycles. The van der Waals surface area contributed by atoms with Crippen molar-refractivity contribution in [1.29, 1.82) is 0 Å². The molecule has 4 heteroatoms. The Balaban J connectivity index is 2.45. The van der Waals surface area contributed by atoms with Crippen LogP contribution in [0, 0.1) is 5.92 Å². The molecule has 3 N–H and O–H groups in total. The second-order valence-electron chi connectivity index (χ2n) is 3.52. The topological polar surface area (TPSA) is 55.1 Å². The largest absolute Gasteiger partial charge is 0.321 e. The number of carbonyl (C=O) groups is 1. The van der Waals surface area contributed by atoms with E-state index in [1.54, 1.807) is 11.8 Å². The number of carbonyl (C=O) groups excluding carboxylic acids is 1. The third-order valence-corrected chi connectivity index (χ3v) is 3.73. The summed E-state index contributed by atoms with van der Waals surface area (Å²) in [5, 5.41) is 3.10. The Morgan fingerprint density at radius 2 is 2.46 bits per heavy atom. The minimum Gasteiger partial charge on any atom is -0.321 e. The predicted octanol–water partition coefficient (Wildman–Crippen LogP) is 0.591. The van der Waals surface area contributed by atoms with E-state index in [1.807, 2.05) is 6.92 Å². The first-order chi connectivity index (χ1) is 6.16. The molecule has 0 aromatic rings. The van der Waals surface area contributed by atoms with Crippen molar-refractivity contribution < 1.29 is 4.79 Å². The fourth-order valence-corrected chi connectivity index (χ4v) is 2.35. The average molecular weight is 202 g/mol. The van der Waals surface area contributed by atoms with Gasteiger partial charge < -0.3 is 5.73 Å². The number of hydrogen-bond donors (Lipinski definition) is 2. The van der Waals surface area contributed by atoms with Gasteiger partial charge in [-0.05, 0) is 5.92 Å². The molecule has 0 aromatic heterocycles. The Labute approximate surface area is 83.8 Å². The first kappa shape index (κ1) is 11.0. The molecule has 3 nitrogen and oxygen atoms in total. The van der Waals surface area contributed by atoms with Crippen molar-refractivity contribution in [3.8, 4) is 0 Å². The summed E-state index contributed by atoms with van der Waals surface area (Å²) in [4.78, 5) is 11.7. The van der Waals surface area contributed by atoms with Crippen LogP contribution in [-0.4, -0.2) is 29.5 Å². The molecule has 0 amide bonds. The smallest absolute Gasteiger partial charge is 0.176 e. The highest BCUT2D eigenvalue weighted by Gasteiger charge is 2.29. The van der Waals surface area contributed by atoms with E-state index in [1.165, 1.54) is 0 Å². The monoisotopic (exact) mass is 202 g/mol. The molecule has 13 heavy (non-hydrogen) atoms. The van der Waals surface area contributed by atoms with Crippen LogP contribution in [-0.2, 0) is 4.79 Å². The lowest BCUT2D eigenvalue weighted by atomic mass is 9.96. The van der Waals surface area contributed by atoms with Crippen LogP contribution in [0.4, 0.5) is 0 Å². The summed E-state index contributed by atoms with van der Waals surface area (Å²) in [6, 6.07) is -0.298. The number of nitrogens with two attached hydrogens (primary N) is 1. The minimum absolute atomic E-state index is 0.0519. The summed E-state index contributed by atoms with van der Waals surface area (Å²) >= 11 is 1.67. The fraction of sp³-hybridized carbons (Fsp3) is 0.889. The van der Waals surface area contributed by atoms with Gasteiger partial charge in [0.2, 0.25) is 0 Å². The van der Waals surface area contributed by atoms with Crippen molar-refractivity contribution in [2.45, 2.75) is 31.7 Å². The van der Waals surface area contributed by atoms with E-state index in [0.29, 0.717) is 0 Å². The lowest BCUT2D eigenvalue weighted by Crippen LogP contribution is -2.45. The highest BCUT2D eigenvalue weighted by molar-refractivity contribution is 8.00. The Kier molecular flexibility index (Phi) is 4.22. The minimum atomic E-state index is -0.298. The van der Waals surface area contributed by atoms with Gasteiger partial charge >= 0.3 is 0 Å². The quantitative estimate of drug-likeness (QED) is 0.700. The Morgan fingerprint density at radius 1 is 1.77 bits per heavy atom. The van der Waals surface area contributed by atoms with Gasteiger partial charge in [-0.3, -0.25) is 10.1 Å². The maximum Gasteiger partial charge on any atom is 0.176 e. The van der Waals surface area contributed by atoms with Gasteiger partial charge in [0.15, 0.2) is 5.78 Å². The van der Waals surface area contributed by atoms with E-state index in [0.717, 1.165) is 18.7 Å². The zero-order valence-corrected chi connectivity index (χ0v) is 9.06. The van der Waals surface area contributed by atoms with Gasteiger partial charge in [0, 0.05) is 12.3 Å². The van der Waals surface area contributed by atoms with Crippen LogP contribution in [0.5, 0.6) is 0 Å². The van der Waals surface area contributed by atoms with Gasteiger partial charge in [0.05, 0.1) is 6.04 Å². The van der Waals surface area contributed by atoms with Crippen LogP contribution in [0.2, 0.25) is 0 Å². The summed E-state index contributed by atoms with van der Waals surface area (Å²) in [6.07, 6.45) is 0.963. The molecule has 0 radical (unpaired) electrons. The van der Waals surface area contributed by atoms with Gasteiger partial charge in [-0.15, -0.1) is 11.8 Å². The van der Waals surface area contributed by atoms with Gasteiger partial charge in [-0.1, -0.05) is 20.3 Å². The molecule has 1 fully saturated rings. The van der Waals surface area contributed by atoms with Crippen LogP contribution >= 0.6 is 11.8 Å². The summed E-state index contributed by atoms with van der Waals surface area (Å²) in [6.45, 7) is 5.02. The van der Waals surface area contributed by atoms with E-state index >= 15 is 0 Å². The van der Waals surface area contributed by atoms with E-state index in [4.69, 9.17) is 5.73 Å². The van der Waals surface area contributed by atoms with Gasteiger partial charge in [-0.2, -0.15) is 0 Å². The molecule has 1 rings (SSSR count). The molecule has 76 valence electrons. The summed E-state index contributed by atoms with van der Waals surface area (Å²) in [5.74, 6) is 1.47. The number of thioether (sulfide) groups is 1. The molecule has 1 saturated heterocycles. The van der Waals surface area contributed by atoms with Crippen LogP contribution in [0.25, 0.3) is 0 Å². The third-order valence-electron chi connectivity index (χ3n) is 2.56. The normalized spacial score (nSPS) is 27.2. The van der Waals surface area contributed by atoms with Crippen molar-refractivity contribution in [3.05, 3.63) is 0 Å². The lowest BCUT2D eigenvalue weighted by molar-refractivity contribution is -0.121. The first-order valence-electron chi connectivity index (χ1n) is 4.81. The number of rotatable bonds is 4. The lowest BCUT2D eigenvalue weighted by Gasteiger charge is -2.19. The van der Waals surface area contributed by atoms with Crippen molar-refractivity contribution in [2.75, 3.05) is 12.3 Å². The molecular formula is C9H18N2OS. The standard InChI is InChI=1S/C9H18N2OS/c1-3-6(2)7(10)8(12)9-11-4-5-13-9/h6-7,9,11H,3-5,10H2,1-2H3/t6-,7+,9?/m1/s1. The Bertz CT molecular complexity index is 180.